The van der Waals surface area contributed by atoms with E-state index in [0.717, 1.165) is 25.1 Å². The van der Waals surface area contributed by atoms with Gasteiger partial charge in [0.1, 0.15) is 0 Å². The van der Waals surface area contributed by atoms with Crippen molar-refractivity contribution in [1.29, 1.82) is 0 Å². The van der Waals surface area contributed by atoms with Crippen LogP contribution < -0.4 is 10.2 Å². The van der Waals surface area contributed by atoms with Gasteiger partial charge in [-0.2, -0.15) is 0 Å². The molecule has 21 heavy (non-hydrogen) atoms. The number of anilines is 1. The van der Waals surface area contributed by atoms with E-state index in [9.17, 15) is 5.11 Å². The summed E-state index contributed by atoms with van der Waals surface area (Å²) in [7, 11) is 1.92. The molecule has 1 atom stereocenters. The van der Waals surface area contributed by atoms with Crippen molar-refractivity contribution in [2.24, 2.45) is 0 Å². The second-order valence-electron chi connectivity index (χ2n) is 5.66. The van der Waals surface area contributed by atoms with Gasteiger partial charge in [-0.25, -0.2) is 0 Å². The number of hydrogen-bond donors (Lipinski definition) is 2. The molecule has 2 N–H and O–H groups in total. The van der Waals surface area contributed by atoms with E-state index in [1.54, 1.807) is 0 Å². The number of nitrogens with one attached hydrogen (secondary N) is 1. The van der Waals surface area contributed by atoms with E-state index in [1.807, 2.05) is 25.2 Å². The number of nitrogens with zero attached hydrogens (tertiary/aromatic N) is 1. The largest absolute Gasteiger partial charge is 0.394 e. The fourth-order valence-corrected chi connectivity index (χ4v) is 3.19. The lowest BCUT2D eigenvalue weighted by Gasteiger charge is -2.37. The molecule has 0 aliphatic carbocycles. The van der Waals surface area contributed by atoms with Crippen LogP contribution in [0.15, 0.2) is 54.6 Å². The van der Waals surface area contributed by atoms with Gasteiger partial charge in [0.05, 0.1) is 12.1 Å². The molecule has 1 aliphatic rings. The maximum Gasteiger partial charge on any atom is 0.0844 e. The van der Waals surface area contributed by atoms with Crippen LogP contribution in [0.1, 0.15) is 11.1 Å². The molecule has 110 valence electrons. The Morgan fingerprint density at radius 1 is 1.10 bits per heavy atom. The van der Waals surface area contributed by atoms with Crippen LogP contribution >= 0.6 is 0 Å². The van der Waals surface area contributed by atoms with E-state index < -0.39 is 5.54 Å². The van der Waals surface area contributed by atoms with Crippen molar-refractivity contribution >= 4 is 5.69 Å². The fourth-order valence-electron chi connectivity index (χ4n) is 3.19. The van der Waals surface area contributed by atoms with Crippen molar-refractivity contribution in [3.8, 4) is 0 Å². The number of aliphatic hydroxyl groups is 1. The highest BCUT2D eigenvalue weighted by molar-refractivity contribution is 5.58. The first kappa shape index (κ1) is 14.1. The fraction of sp³-hybridized carbons (Fsp3) is 0.333. The summed E-state index contributed by atoms with van der Waals surface area (Å²) in [5, 5.41) is 13.4. The average Bonchev–Trinajstić information content (AvgIpc) is 2.96. The van der Waals surface area contributed by atoms with E-state index in [2.05, 4.69) is 46.6 Å². The summed E-state index contributed by atoms with van der Waals surface area (Å²) < 4.78 is 0. The maximum atomic E-state index is 10.0. The summed E-state index contributed by atoms with van der Waals surface area (Å²) in [6, 6.07) is 18.7. The SMILES string of the molecule is CNC(CO)(CN1CCc2ccccc21)c1ccccc1. The molecule has 3 nitrogen and oxygen atoms in total. The highest BCUT2D eigenvalue weighted by Crippen LogP contribution is 2.31. The molecule has 2 aromatic rings. The molecule has 3 rings (SSSR count). The summed E-state index contributed by atoms with van der Waals surface area (Å²) in [5.74, 6) is 0. The van der Waals surface area contributed by atoms with Crippen molar-refractivity contribution in [3.63, 3.8) is 0 Å². The lowest BCUT2D eigenvalue weighted by molar-refractivity contribution is 0.172. The van der Waals surface area contributed by atoms with Crippen LogP contribution in [0.3, 0.4) is 0 Å². The molecular weight excluding hydrogens is 260 g/mol. The van der Waals surface area contributed by atoms with Gasteiger partial charge in [0, 0.05) is 18.8 Å². The Bertz CT molecular complexity index is 593. The van der Waals surface area contributed by atoms with Crippen LogP contribution in [0.5, 0.6) is 0 Å². The van der Waals surface area contributed by atoms with E-state index >= 15 is 0 Å². The highest BCUT2D eigenvalue weighted by Gasteiger charge is 2.34. The molecule has 0 fully saturated rings. The molecule has 0 bridgehead atoms. The number of likely N-dealkylation sites (N-methyl/N-ethyl adjacent to an activating group) is 1. The molecule has 0 radical (unpaired) electrons. The average molecular weight is 282 g/mol. The van der Waals surface area contributed by atoms with Crippen LogP contribution in [-0.4, -0.2) is 31.9 Å². The molecule has 1 unspecified atom stereocenters. The van der Waals surface area contributed by atoms with Crippen molar-refractivity contribution in [2.75, 3.05) is 31.6 Å². The molecule has 0 amide bonds. The molecule has 1 heterocycles. The van der Waals surface area contributed by atoms with Crippen molar-refractivity contribution in [3.05, 3.63) is 65.7 Å². The minimum atomic E-state index is -0.432. The lowest BCUT2D eigenvalue weighted by atomic mass is 9.90. The van der Waals surface area contributed by atoms with E-state index in [1.165, 1.54) is 11.3 Å². The summed E-state index contributed by atoms with van der Waals surface area (Å²) in [5.41, 5.74) is 3.38. The predicted octanol–water partition coefficient (Wildman–Crippen LogP) is 2.16. The Kier molecular flexibility index (Phi) is 3.95. The first-order valence-corrected chi connectivity index (χ1v) is 7.47. The van der Waals surface area contributed by atoms with E-state index in [0.29, 0.717) is 0 Å². The van der Waals surface area contributed by atoms with Crippen LogP contribution in [0.25, 0.3) is 0 Å². The van der Waals surface area contributed by atoms with Gasteiger partial charge in [0.25, 0.3) is 0 Å². The normalized spacial score (nSPS) is 16.6. The summed E-state index contributed by atoms with van der Waals surface area (Å²) in [4.78, 5) is 2.37. The number of fused-ring (bicyclic) bond motifs is 1. The van der Waals surface area contributed by atoms with Crippen molar-refractivity contribution < 1.29 is 5.11 Å². The predicted molar refractivity (Wildman–Crippen MR) is 86.6 cm³/mol. The number of para-hydroxylation sites is 1. The Labute approximate surface area is 126 Å². The van der Waals surface area contributed by atoms with E-state index in [-0.39, 0.29) is 6.61 Å². The second-order valence-corrected chi connectivity index (χ2v) is 5.66. The zero-order valence-electron chi connectivity index (χ0n) is 12.4. The second kappa shape index (κ2) is 5.88. The van der Waals surface area contributed by atoms with Crippen molar-refractivity contribution in [1.82, 2.24) is 5.32 Å². The number of aliphatic hydroxyl groups excluding tert-OH is 1. The summed E-state index contributed by atoms with van der Waals surface area (Å²) in [6.07, 6.45) is 1.08. The zero-order chi connectivity index (χ0) is 14.7. The van der Waals surface area contributed by atoms with Gasteiger partial charge in [0.15, 0.2) is 0 Å². The number of rotatable bonds is 5. The maximum absolute atomic E-state index is 10.0. The molecule has 3 heteroatoms. The summed E-state index contributed by atoms with van der Waals surface area (Å²) >= 11 is 0. The van der Waals surface area contributed by atoms with Crippen LogP contribution in [0.4, 0.5) is 5.69 Å². The lowest BCUT2D eigenvalue weighted by Crippen LogP contribution is -2.52. The van der Waals surface area contributed by atoms with Gasteiger partial charge in [-0.15, -0.1) is 0 Å². The molecule has 0 spiro atoms. The monoisotopic (exact) mass is 282 g/mol. The molecule has 0 saturated heterocycles. The molecule has 2 aromatic carbocycles. The van der Waals surface area contributed by atoms with Gasteiger partial charge in [0.2, 0.25) is 0 Å². The molecular formula is C18H22N2O. The van der Waals surface area contributed by atoms with Crippen LogP contribution in [0.2, 0.25) is 0 Å². The molecule has 0 saturated carbocycles. The van der Waals surface area contributed by atoms with Crippen molar-refractivity contribution in [2.45, 2.75) is 12.0 Å². The third-order valence-electron chi connectivity index (χ3n) is 4.52. The van der Waals surface area contributed by atoms with Gasteiger partial charge in [-0.3, -0.25) is 0 Å². The zero-order valence-corrected chi connectivity index (χ0v) is 12.4. The summed E-state index contributed by atoms with van der Waals surface area (Å²) in [6.45, 7) is 1.85. The van der Waals surface area contributed by atoms with Gasteiger partial charge < -0.3 is 15.3 Å². The van der Waals surface area contributed by atoms with Crippen LogP contribution in [-0.2, 0) is 12.0 Å². The highest BCUT2D eigenvalue weighted by atomic mass is 16.3. The quantitative estimate of drug-likeness (QED) is 0.882. The van der Waals surface area contributed by atoms with Crippen LogP contribution in [0, 0.1) is 0 Å². The first-order valence-electron chi connectivity index (χ1n) is 7.47. The first-order chi connectivity index (χ1) is 10.3. The minimum Gasteiger partial charge on any atom is -0.394 e. The van der Waals surface area contributed by atoms with Gasteiger partial charge in [-0.05, 0) is 30.7 Å². The Hall–Kier alpha value is -1.84. The Morgan fingerprint density at radius 2 is 1.81 bits per heavy atom. The molecule has 1 aliphatic heterocycles. The third kappa shape index (κ3) is 2.55. The Morgan fingerprint density at radius 3 is 2.52 bits per heavy atom. The number of benzene rings is 2. The van der Waals surface area contributed by atoms with Gasteiger partial charge in [-0.1, -0.05) is 48.5 Å². The standard InChI is InChI=1S/C18H22N2O/c1-19-18(14-21,16-8-3-2-4-9-16)13-20-12-11-15-7-5-6-10-17(15)20/h2-10,19,21H,11-14H2,1H3. The van der Waals surface area contributed by atoms with Gasteiger partial charge >= 0.3 is 0 Å². The molecule has 0 aromatic heterocycles. The van der Waals surface area contributed by atoms with E-state index in [4.69, 9.17) is 0 Å². The Balaban J connectivity index is 1.91. The smallest absolute Gasteiger partial charge is 0.0844 e. The topological polar surface area (TPSA) is 35.5 Å². The minimum absolute atomic E-state index is 0.0756. The third-order valence-corrected chi connectivity index (χ3v) is 4.52. The number of hydrogen-bond acceptors (Lipinski definition) is 3.